The van der Waals surface area contributed by atoms with E-state index in [-0.39, 0.29) is 17.7 Å². The Hall–Kier alpha value is -3.82. The van der Waals surface area contributed by atoms with Crippen LogP contribution >= 0.6 is 0 Å². The van der Waals surface area contributed by atoms with Gasteiger partial charge in [-0.3, -0.25) is 29.8 Å². The summed E-state index contributed by atoms with van der Waals surface area (Å²) in [6, 6.07) is 10.9. The lowest BCUT2D eigenvalue weighted by atomic mass is 10.0. The van der Waals surface area contributed by atoms with Crippen LogP contribution < -0.4 is 0 Å². The Morgan fingerprint density at radius 1 is 0.833 bits per heavy atom. The smallest absolute Gasteiger partial charge is 0.267 e. The number of nitro groups is 2. The van der Waals surface area contributed by atoms with Crippen molar-refractivity contribution in [1.82, 2.24) is 10.0 Å². The maximum Gasteiger partial charge on any atom is 0.282 e. The van der Waals surface area contributed by atoms with Gasteiger partial charge in [0.2, 0.25) is 0 Å². The van der Waals surface area contributed by atoms with E-state index in [0.717, 1.165) is 10.0 Å². The molecular formula is C20H22N4O6. The third-order valence-corrected chi connectivity index (χ3v) is 4.27. The van der Waals surface area contributed by atoms with Crippen molar-refractivity contribution in [1.29, 1.82) is 0 Å². The number of carbonyl (C=O) groups is 2. The molecular weight excluding hydrogens is 392 g/mol. The summed E-state index contributed by atoms with van der Waals surface area (Å²) in [5.74, 6) is -1.52. The van der Waals surface area contributed by atoms with Crippen LogP contribution in [0.4, 0.5) is 11.4 Å². The predicted octanol–water partition coefficient (Wildman–Crippen LogP) is 3.82. The Morgan fingerprint density at radius 2 is 1.23 bits per heavy atom. The third kappa shape index (κ3) is 4.43. The summed E-state index contributed by atoms with van der Waals surface area (Å²) in [4.78, 5) is 48.0. The summed E-state index contributed by atoms with van der Waals surface area (Å²) in [6.07, 6.45) is 0. The molecule has 0 saturated heterocycles. The number of nitrogens with zero attached hydrogens (tertiary/aromatic N) is 4. The fraction of sp³-hybridized carbons (Fsp3) is 0.300. The Bertz CT molecular complexity index is 999. The highest BCUT2D eigenvalue weighted by molar-refractivity contribution is 6.03. The van der Waals surface area contributed by atoms with Crippen LogP contribution in [0.1, 0.15) is 48.4 Å². The number of rotatable bonds is 5. The maximum atomic E-state index is 13.4. The van der Waals surface area contributed by atoms with E-state index in [2.05, 4.69) is 0 Å². The van der Waals surface area contributed by atoms with Gasteiger partial charge in [-0.1, -0.05) is 24.3 Å². The maximum absolute atomic E-state index is 13.4. The lowest BCUT2D eigenvalue weighted by molar-refractivity contribution is -0.385. The molecule has 0 radical (unpaired) electrons. The van der Waals surface area contributed by atoms with Crippen LogP contribution in [0.15, 0.2) is 48.5 Å². The van der Waals surface area contributed by atoms with Gasteiger partial charge in [0, 0.05) is 18.7 Å². The van der Waals surface area contributed by atoms with Crippen LogP contribution in [0.2, 0.25) is 0 Å². The van der Waals surface area contributed by atoms with E-state index in [9.17, 15) is 29.8 Å². The number of nitro benzene ring substituents is 2. The van der Waals surface area contributed by atoms with Crippen LogP contribution in [-0.4, -0.2) is 43.8 Å². The van der Waals surface area contributed by atoms with Crippen molar-refractivity contribution in [3.63, 3.8) is 0 Å². The van der Waals surface area contributed by atoms with Crippen LogP contribution in [0.25, 0.3) is 0 Å². The molecule has 0 N–H and O–H groups in total. The minimum atomic E-state index is -0.962. The van der Waals surface area contributed by atoms with Crippen LogP contribution in [-0.2, 0) is 0 Å². The second-order valence-corrected chi connectivity index (χ2v) is 7.36. The molecule has 2 amide bonds. The normalized spacial score (nSPS) is 10.9. The summed E-state index contributed by atoms with van der Waals surface area (Å²) in [6.45, 7) is 6.60. The van der Waals surface area contributed by atoms with Gasteiger partial charge in [-0.05, 0) is 39.8 Å². The monoisotopic (exact) mass is 414 g/mol. The van der Waals surface area contributed by atoms with E-state index in [1.54, 1.807) is 27.7 Å². The Kier molecular flexibility index (Phi) is 6.50. The van der Waals surface area contributed by atoms with E-state index >= 15 is 0 Å². The first-order valence-electron chi connectivity index (χ1n) is 9.13. The third-order valence-electron chi connectivity index (χ3n) is 4.27. The van der Waals surface area contributed by atoms with Gasteiger partial charge in [-0.15, -0.1) is 0 Å². The van der Waals surface area contributed by atoms with Crippen LogP contribution in [0.3, 0.4) is 0 Å². The molecule has 158 valence electrons. The molecule has 10 nitrogen and oxygen atoms in total. The van der Waals surface area contributed by atoms with Gasteiger partial charge in [0.15, 0.2) is 0 Å². The number of para-hydroxylation sites is 2. The molecule has 0 saturated carbocycles. The number of hydrazine groups is 1. The predicted molar refractivity (Wildman–Crippen MR) is 109 cm³/mol. The van der Waals surface area contributed by atoms with E-state index in [0.29, 0.717) is 0 Å². The Balaban J connectivity index is 2.61. The summed E-state index contributed by atoms with van der Waals surface area (Å²) in [7, 11) is 0. The molecule has 0 aliphatic rings. The topological polar surface area (TPSA) is 127 Å². The molecule has 0 aromatic heterocycles. The number of carbonyl (C=O) groups excluding carboxylic acids is 2. The van der Waals surface area contributed by atoms with Crippen molar-refractivity contribution < 1.29 is 19.4 Å². The summed E-state index contributed by atoms with van der Waals surface area (Å²) < 4.78 is 0. The van der Waals surface area contributed by atoms with E-state index in [4.69, 9.17) is 0 Å². The lowest BCUT2D eigenvalue weighted by Crippen LogP contribution is -2.58. The fourth-order valence-corrected chi connectivity index (χ4v) is 3.03. The van der Waals surface area contributed by atoms with Crippen LogP contribution in [0, 0.1) is 20.2 Å². The molecule has 0 aliphatic heterocycles. The van der Waals surface area contributed by atoms with Gasteiger partial charge in [0.25, 0.3) is 23.2 Å². The van der Waals surface area contributed by atoms with Crippen molar-refractivity contribution >= 4 is 23.2 Å². The van der Waals surface area contributed by atoms with Gasteiger partial charge in [-0.25, -0.2) is 10.0 Å². The quantitative estimate of drug-likeness (QED) is 0.540. The number of hydrogen-bond donors (Lipinski definition) is 0. The standard InChI is InChI=1S/C20H22N4O6/c1-5-21(18(25)14-10-6-8-12-16(14)23(27)28)22(20(2,3)4)19(26)15-11-7-9-13-17(15)24(29)30/h6-13H,5H2,1-4H3. The molecule has 10 heteroatoms. The van der Waals surface area contributed by atoms with Crippen molar-refractivity contribution in [2.45, 2.75) is 33.2 Å². The minimum Gasteiger partial charge on any atom is -0.267 e. The van der Waals surface area contributed by atoms with Gasteiger partial charge in [-0.2, -0.15) is 0 Å². The number of benzene rings is 2. The summed E-state index contributed by atoms with van der Waals surface area (Å²) in [5.41, 5.74) is -2.13. The Morgan fingerprint density at radius 3 is 1.60 bits per heavy atom. The second kappa shape index (κ2) is 8.68. The van der Waals surface area contributed by atoms with Crippen molar-refractivity contribution in [2.75, 3.05) is 6.54 Å². The van der Waals surface area contributed by atoms with E-state index in [1.165, 1.54) is 48.5 Å². The highest BCUT2D eigenvalue weighted by Crippen LogP contribution is 2.28. The second-order valence-electron chi connectivity index (χ2n) is 7.36. The number of amides is 2. The van der Waals surface area contributed by atoms with Crippen molar-refractivity contribution in [2.24, 2.45) is 0 Å². The minimum absolute atomic E-state index is 0.00846. The first-order valence-corrected chi connectivity index (χ1v) is 9.13. The highest BCUT2D eigenvalue weighted by Gasteiger charge is 2.39. The molecule has 0 unspecified atom stereocenters. The van der Waals surface area contributed by atoms with E-state index in [1.807, 2.05) is 0 Å². The van der Waals surface area contributed by atoms with Gasteiger partial charge in [0.1, 0.15) is 11.1 Å². The molecule has 2 rings (SSSR count). The average molecular weight is 414 g/mol. The summed E-state index contributed by atoms with van der Waals surface area (Å²) >= 11 is 0. The molecule has 2 aromatic rings. The molecule has 0 heterocycles. The largest absolute Gasteiger partial charge is 0.282 e. The lowest BCUT2D eigenvalue weighted by Gasteiger charge is -2.43. The molecule has 0 fully saturated rings. The zero-order valence-corrected chi connectivity index (χ0v) is 17.1. The molecule has 0 spiro atoms. The molecule has 0 aliphatic carbocycles. The summed E-state index contributed by atoms with van der Waals surface area (Å²) in [5, 5.41) is 24.9. The first-order chi connectivity index (χ1) is 14.0. The zero-order valence-electron chi connectivity index (χ0n) is 17.1. The van der Waals surface area contributed by atoms with Gasteiger partial charge < -0.3 is 0 Å². The van der Waals surface area contributed by atoms with Gasteiger partial charge in [0.05, 0.1) is 15.4 Å². The number of hydrogen-bond acceptors (Lipinski definition) is 6. The molecule has 30 heavy (non-hydrogen) atoms. The highest BCUT2D eigenvalue weighted by atomic mass is 16.6. The van der Waals surface area contributed by atoms with E-state index < -0.39 is 38.6 Å². The first kappa shape index (κ1) is 22.5. The average Bonchev–Trinajstić information content (AvgIpc) is 2.69. The van der Waals surface area contributed by atoms with Crippen molar-refractivity contribution in [3.8, 4) is 0 Å². The molecule has 2 aromatic carbocycles. The molecule has 0 bridgehead atoms. The zero-order chi connectivity index (χ0) is 22.6. The molecule has 0 atom stereocenters. The Labute approximate surface area is 173 Å². The van der Waals surface area contributed by atoms with Crippen LogP contribution in [0.5, 0.6) is 0 Å². The van der Waals surface area contributed by atoms with Gasteiger partial charge >= 0.3 is 0 Å². The fourth-order valence-electron chi connectivity index (χ4n) is 3.03. The SMILES string of the molecule is CCN(C(=O)c1ccccc1[N+](=O)[O-])N(C(=O)c1ccccc1[N+](=O)[O-])C(C)(C)C. The van der Waals surface area contributed by atoms with Crippen molar-refractivity contribution in [3.05, 3.63) is 79.9 Å².